The van der Waals surface area contributed by atoms with E-state index in [2.05, 4.69) is 19.2 Å². The summed E-state index contributed by atoms with van der Waals surface area (Å²) in [7, 11) is 0. The number of hydrogen-bond donors (Lipinski definition) is 1. The maximum absolute atomic E-state index is 14.1. The highest BCUT2D eigenvalue weighted by atomic mass is 32.2. The van der Waals surface area contributed by atoms with Crippen LogP contribution in [0.3, 0.4) is 0 Å². The number of thioether (sulfide) groups is 1. The lowest BCUT2D eigenvalue weighted by Crippen LogP contribution is -2.31. The number of nitrogens with zero attached hydrogens (tertiary/aromatic N) is 2. The Kier molecular flexibility index (Phi) is 7.51. The Balaban J connectivity index is 1.52. The second-order valence-corrected chi connectivity index (χ2v) is 12.2. The van der Waals surface area contributed by atoms with Crippen molar-refractivity contribution in [2.75, 3.05) is 0 Å². The van der Waals surface area contributed by atoms with Crippen LogP contribution in [0, 0.1) is 12.8 Å². The zero-order valence-corrected chi connectivity index (χ0v) is 23.1. The Morgan fingerprint density at radius 2 is 1.89 bits per heavy atom. The van der Waals surface area contributed by atoms with E-state index >= 15 is 0 Å². The van der Waals surface area contributed by atoms with Crippen LogP contribution < -0.4 is 10.9 Å². The van der Waals surface area contributed by atoms with E-state index in [-0.39, 0.29) is 17.6 Å². The lowest BCUT2D eigenvalue weighted by molar-refractivity contribution is -0.120. The zero-order chi connectivity index (χ0) is 26.1. The second kappa shape index (κ2) is 10.8. The molecule has 0 radical (unpaired) electrons. The van der Waals surface area contributed by atoms with Gasteiger partial charge < -0.3 is 10.1 Å². The molecule has 0 spiro atoms. The first kappa shape index (κ1) is 25.7. The van der Waals surface area contributed by atoms with Crippen LogP contribution in [0.2, 0.25) is 0 Å². The van der Waals surface area contributed by atoms with Crippen LogP contribution in [0.5, 0.6) is 0 Å². The van der Waals surface area contributed by atoms with Crippen LogP contribution >= 0.6 is 23.1 Å². The SMILES string of the molecule is Cc1ccc(-n2c(S[C@H](C)C(=O)NCc3ccccc3)nc3sc4c(c3c2=O)C[C@H](C(C)C)OC4)cc1. The maximum atomic E-state index is 14.1. The van der Waals surface area contributed by atoms with Gasteiger partial charge in [-0.3, -0.25) is 14.2 Å². The number of amides is 1. The van der Waals surface area contributed by atoms with E-state index in [0.717, 1.165) is 27.3 Å². The van der Waals surface area contributed by atoms with Gasteiger partial charge in [0.15, 0.2) is 5.16 Å². The molecule has 0 aliphatic carbocycles. The van der Waals surface area contributed by atoms with Gasteiger partial charge in [-0.15, -0.1) is 11.3 Å². The van der Waals surface area contributed by atoms with Gasteiger partial charge in [0.1, 0.15) is 4.83 Å². The van der Waals surface area contributed by atoms with Crippen molar-refractivity contribution in [3.8, 4) is 5.69 Å². The molecule has 0 bridgehead atoms. The number of carbonyl (C=O) groups is 1. The number of thiophene rings is 1. The minimum Gasteiger partial charge on any atom is -0.372 e. The topological polar surface area (TPSA) is 73.2 Å². The number of nitrogens with one attached hydrogen (secondary N) is 1. The average Bonchev–Trinajstić information content (AvgIpc) is 3.26. The monoisotopic (exact) mass is 533 g/mol. The van der Waals surface area contributed by atoms with Crippen LogP contribution in [0.25, 0.3) is 15.9 Å². The molecule has 0 saturated heterocycles. The van der Waals surface area contributed by atoms with Crippen molar-refractivity contribution in [2.24, 2.45) is 5.92 Å². The number of rotatable bonds is 7. The molecule has 6 nitrogen and oxygen atoms in total. The van der Waals surface area contributed by atoms with Gasteiger partial charge in [0.25, 0.3) is 5.56 Å². The molecule has 37 heavy (non-hydrogen) atoms. The molecule has 8 heteroatoms. The molecular formula is C29H31N3O3S2. The minimum atomic E-state index is -0.437. The van der Waals surface area contributed by atoms with Crippen molar-refractivity contribution in [2.45, 2.75) is 63.8 Å². The van der Waals surface area contributed by atoms with Gasteiger partial charge in [0, 0.05) is 17.8 Å². The van der Waals surface area contributed by atoms with Crippen LogP contribution in [0.1, 0.15) is 42.3 Å². The lowest BCUT2D eigenvalue weighted by Gasteiger charge is -2.26. The third kappa shape index (κ3) is 5.37. The number of aryl methyl sites for hydroxylation is 1. The summed E-state index contributed by atoms with van der Waals surface area (Å²) in [6.07, 6.45) is 0.794. The number of ether oxygens (including phenoxy) is 1. The first-order chi connectivity index (χ1) is 17.8. The van der Waals surface area contributed by atoms with Crippen molar-refractivity contribution in [1.82, 2.24) is 14.9 Å². The largest absolute Gasteiger partial charge is 0.372 e. The summed E-state index contributed by atoms with van der Waals surface area (Å²) in [5, 5.41) is 3.76. The smallest absolute Gasteiger partial charge is 0.267 e. The molecule has 1 aliphatic rings. The molecule has 1 N–H and O–H groups in total. The zero-order valence-electron chi connectivity index (χ0n) is 21.5. The average molecular weight is 534 g/mol. The molecule has 3 heterocycles. The van der Waals surface area contributed by atoms with Crippen LogP contribution in [-0.2, 0) is 29.1 Å². The van der Waals surface area contributed by atoms with Crippen LogP contribution in [-0.4, -0.2) is 26.8 Å². The van der Waals surface area contributed by atoms with Gasteiger partial charge in [0.05, 0.1) is 29.0 Å². The highest BCUT2D eigenvalue weighted by Gasteiger charge is 2.29. The summed E-state index contributed by atoms with van der Waals surface area (Å²) in [6, 6.07) is 17.7. The number of aromatic nitrogens is 2. The molecule has 2 aromatic heterocycles. The molecule has 2 atom stereocenters. The van der Waals surface area contributed by atoms with Crippen LogP contribution in [0.15, 0.2) is 64.5 Å². The molecule has 2 aromatic carbocycles. The summed E-state index contributed by atoms with van der Waals surface area (Å²) >= 11 is 2.84. The minimum absolute atomic E-state index is 0.0832. The summed E-state index contributed by atoms with van der Waals surface area (Å²) in [6.45, 7) is 9.12. The van der Waals surface area contributed by atoms with Gasteiger partial charge in [-0.1, -0.05) is 73.6 Å². The van der Waals surface area contributed by atoms with E-state index in [1.54, 1.807) is 4.57 Å². The fraction of sp³-hybridized carbons (Fsp3) is 0.345. The summed E-state index contributed by atoms with van der Waals surface area (Å²) in [4.78, 5) is 33.8. The van der Waals surface area contributed by atoms with Gasteiger partial charge in [-0.25, -0.2) is 4.98 Å². The third-order valence-electron chi connectivity index (χ3n) is 6.71. The molecule has 1 aliphatic heterocycles. The Morgan fingerprint density at radius 1 is 1.16 bits per heavy atom. The Morgan fingerprint density at radius 3 is 2.59 bits per heavy atom. The summed E-state index contributed by atoms with van der Waals surface area (Å²) < 4.78 is 7.74. The Bertz CT molecular complexity index is 1480. The van der Waals surface area contributed by atoms with E-state index < -0.39 is 5.25 Å². The molecule has 192 valence electrons. The first-order valence-electron chi connectivity index (χ1n) is 12.6. The Labute approximate surface area is 225 Å². The summed E-state index contributed by atoms with van der Waals surface area (Å²) in [5.41, 5.74) is 3.87. The quantitative estimate of drug-likeness (QED) is 0.246. The van der Waals surface area contributed by atoms with Crippen molar-refractivity contribution in [3.05, 3.63) is 86.5 Å². The standard InChI is InChI=1S/C29H31N3O3S2/c1-17(2)23-14-22-24(16-35-23)37-27-25(22)28(34)32(21-12-10-18(3)11-13-21)29(31-27)36-19(4)26(33)30-15-20-8-6-5-7-9-20/h5-13,17,19,23H,14-16H2,1-4H3,(H,30,33)/t19-,23-/m1/s1. The predicted octanol–water partition coefficient (Wildman–Crippen LogP) is 5.65. The van der Waals surface area contributed by atoms with E-state index in [4.69, 9.17) is 9.72 Å². The third-order valence-corrected chi connectivity index (χ3v) is 8.86. The number of carbonyl (C=O) groups excluding carboxylic acids is 1. The molecule has 0 saturated carbocycles. The highest BCUT2D eigenvalue weighted by Crippen LogP contribution is 2.36. The van der Waals surface area contributed by atoms with Crippen molar-refractivity contribution >= 4 is 39.2 Å². The van der Waals surface area contributed by atoms with E-state index in [1.165, 1.54) is 23.1 Å². The first-order valence-corrected chi connectivity index (χ1v) is 14.3. The number of hydrogen-bond acceptors (Lipinski definition) is 6. The van der Waals surface area contributed by atoms with Crippen molar-refractivity contribution in [1.29, 1.82) is 0 Å². The number of fused-ring (bicyclic) bond motifs is 3. The van der Waals surface area contributed by atoms with Gasteiger partial charge in [-0.05, 0) is 43.0 Å². The van der Waals surface area contributed by atoms with E-state index in [0.29, 0.717) is 40.9 Å². The summed E-state index contributed by atoms with van der Waals surface area (Å²) in [5.74, 6) is 0.262. The van der Waals surface area contributed by atoms with Gasteiger partial charge in [-0.2, -0.15) is 0 Å². The highest BCUT2D eigenvalue weighted by molar-refractivity contribution is 8.00. The molecule has 0 fully saturated rings. The molecule has 4 aromatic rings. The van der Waals surface area contributed by atoms with Gasteiger partial charge >= 0.3 is 0 Å². The molecule has 1 amide bonds. The molecule has 5 rings (SSSR count). The van der Waals surface area contributed by atoms with Crippen molar-refractivity contribution < 1.29 is 9.53 Å². The van der Waals surface area contributed by atoms with Crippen molar-refractivity contribution in [3.63, 3.8) is 0 Å². The van der Waals surface area contributed by atoms with E-state index in [1.807, 2.05) is 68.4 Å². The lowest BCUT2D eigenvalue weighted by atomic mass is 9.96. The molecule has 0 unspecified atom stereocenters. The normalized spacial score (nSPS) is 16.1. The van der Waals surface area contributed by atoms with Gasteiger partial charge in [0.2, 0.25) is 5.91 Å². The predicted molar refractivity (Wildman–Crippen MR) is 151 cm³/mol. The Hall–Kier alpha value is -2.94. The fourth-order valence-corrected chi connectivity index (χ4v) is 6.59. The maximum Gasteiger partial charge on any atom is 0.267 e. The van der Waals surface area contributed by atoms with E-state index in [9.17, 15) is 9.59 Å². The van der Waals surface area contributed by atoms with Crippen LogP contribution in [0.4, 0.5) is 0 Å². The fourth-order valence-electron chi connectivity index (χ4n) is 4.48. The number of benzene rings is 2. The molecular weight excluding hydrogens is 502 g/mol. The second-order valence-electron chi connectivity index (χ2n) is 9.82.